The molecule has 1 aliphatic rings. The fourth-order valence-electron chi connectivity index (χ4n) is 3.07. The first-order valence-corrected chi connectivity index (χ1v) is 8.34. The summed E-state index contributed by atoms with van der Waals surface area (Å²) in [6, 6.07) is 15.2. The van der Waals surface area contributed by atoms with Crippen LogP contribution in [0, 0.1) is 0 Å². The Morgan fingerprint density at radius 1 is 0.958 bits per heavy atom. The van der Waals surface area contributed by atoms with E-state index in [4.69, 9.17) is 0 Å². The molecule has 0 saturated heterocycles. The van der Waals surface area contributed by atoms with Gasteiger partial charge in [0, 0.05) is 18.8 Å². The van der Waals surface area contributed by atoms with Crippen molar-refractivity contribution < 1.29 is 0 Å². The number of nitrogens with zero attached hydrogens (tertiary/aromatic N) is 3. The normalized spacial score (nSPS) is 17.1. The molecule has 1 N–H and O–H groups in total. The van der Waals surface area contributed by atoms with E-state index in [-0.39, 0.29) is 6.04 Å². The van der Waals surface area contributed by atoms with Crippen molar-refractivity contribution in [3.05, 3.63) is 71.5 Å². The number of fused-ring (bicyclic) bond motifs is 1. The van der Waals surface area contributed by atoms with Crippen molar-refractivity contribution in [1.82, 2.24) is 15.4 Å². The Kier molecular flexibility index (Phi) is 3.73. The summed E-state index contributed by atoms with van der Waals surface area (Å²) < 4.78 is 0. The lowest BCUT2D eigenvalue weighted by Gasteiger charge is -2.11. The molecule has 120 valence electrons. The van der Waals surface area contributed by atoms with Gasteiger partial charge >= 0.3 is 0 Å². The third-order valence-electron chi connectivity index (χ3n) is 4.56. The van der Waals surface area contributed by atoms with Crippen LogP contribution in [0.25, 0.3) is 11.0 Å². The maximum atomic E-state index is 4.55. The van der Waals surface area contributed by atoms with Gasteiger partial charge < -0.3 is 5.43 Å². The van der Waals surface area contributed by atoms with Gasteiger partial charge in [-0.25, -0.2) is 0 Å². The predicted molar refractivity (Wildman–Crippen MR) is 97.1 cm³/mol. The van der Waals surface area contributed by atoms with E-state index >= 15 is 0 Å². The van der Waals surface area contributed by atoms with Crippen LogP contribution in [-0.4, -0.2) is 15.7 Å². The van der Waals surface area contributed by atoms with Gasteiger partial charge in [-0.05, 0) is 34.7 Å². The topological polar surface area (TPSA) is 50.2 Å². The number of aromatic nitrogens is 2. The van der Waals surface area contributed by atoms with Gasteiger partial charge in [0.1, 0.15) is 0 Å². The number of hydrogen-bond acceptors (Lipinski definition) is 4. The molecule has 1 unspecified atom stereocenters. The lowest BCUT2D eigenvalue weighted by molar-refractivity contribution is 0.620. The fraction of sp³-hybridized carbons (Fsp3) is 0.250. The average molecular weight is 316 g/mol. The second-order valence-electron chi connectivity index (χ2n) is 6.53. The molecule has 4 nitrogen and oxygen atoms in total. The molecule has 4 heteroatoms. The quantitative estimate of drug-likeness (QED) is 0.788. The third kappa shape index (κ3) is 2.75. The first kappa shape index (κ1) is 14.8. The molecule has 0 spiro atoms. The first-order chi connectivity index (χ1) is 11.7. The summed E-state index contributed by atoms with van der Waals surface area (Å²) in [5.41, 5.74) is 9.95. The van der Waals surface area contributed by atoms with Crippen LogP contribution >= 0.6 is 0 Å². The molecule has 1 atom stereocenters. The Balaban J connectivity index is 1.54. The summed E-state index contributed by atoms with van der Waals surface area (Å²) in [4.78, 5) is 8.71. The van der Waals surface area contributed by atoms with E-state index in [0.29, 0.717) is 5.92 Å². The molecule has 0 amide bonds. The molecule has 1 aromatic heterocycles. The van der Waals surface area contributed by atoms with Gasteiger partial charge in [-0.3, -0.25) is 9.97 Å². The Bertz CT molecular complexity index is 897. The van der Waals surface area contributed by atoms with Gasteiger partial charge in [-0.2, -0.15) is 5.10 Å². The maximum Gasteiger partial charge on any atom is 0.0890 e. The van der Waals surface area contributed by atoms with Crippen LogP contribution in [0.2, 0.25) is 0 Å². The lowest BCUT2D eigenvalue weighted by atomic mass is 9.96. The Morgan fingerprint density at radius 3 is 2.46 bits per heavy atom. The van der Waals surface area contributed by atoms with E-state index in [1.807, 2.05) is 6.07 Å². The Labute approximate surface area is 141 Å². The predicted octanol–water partition coefficient (Wildman–Crippen LogP) is 4.19. The van der Waals surface area contributed by atoms with Crippen LogP contribution in [0.15, 0.2) is 60.0 Å². The highest BCUT2D eigenvalue weighted by atomic mass is 15.3. The molecule has 2 aromatic carbocycles. The summed E-state index contributed by atoms with van der Waals surface area (Å²) in [5, 5.41) is 4.55. The van der Waals surface area contributed by atoms with Crippen molar-refractivity contribution in [2.75, 3.05) is 0 Å². The summed E-state index contributed by atoms with van der Waals surface area (Å²) >= 11 is 0. The molecule has 0 bridgehead atoms. The molecule has 24 heavy (non-hydrogen) atoms. The fourth-order valence-corrected chi connectivity index (χ4v) is 3.07. The van der Waals surface area contributed by atoms with Crippen molar-refractivity contribution in [2.45, 2.75) is 32.2 Å². The zero-order valence-electron chi connectivity index (χ0n) is 13.9. The molecule has 0 radical (unpaired) electrons. The van der Waals surface area contributed by atoms with Gasteiger partial charge in [0.25, 0.3) is 0 Å². The lowest BCUT2D eigenvalue weighted by Crippen LogP contribution is -2.10. The van der Waals surface area contributed by atoms with Crippen LogP contribution in [0.4, 0.5) is 0 Å². The van der Waals surface area contributed by atoms with E-state index in [1.54, 1.807) is 12.4 Å². The highest BCUT2D eigenvalue weighted by molar-refractivity contribution is 6.01. The van der Waals surface area contributed by atoms with E-state index in [1.165, 1.54) is 16.7 Å². The zero-order valence-corrected chi connectivity index (χ0v) is 13.9. The van der Waals surface area contributed by atoms with Gasteiger partial charge in [0.2, 0.25) is 0 Å². The molecule has 4 rings (SSSR count). The first-order valence-electron chi connectivity index (χ1n) is 8.34. The molecular formula is C20H20N4. The van der Waals surface area contributed by atoms with Crippen molar-refractivity contribution in [3.8, 4) is 0 Å². The molecule has 0 fully saturated rings. The number of hydrazone groups is 1. The van der Waals surface area contributed by atoms with E-state index < -0.39 is 0 Å². The summed E-state index contributed by atoms with van der Waals surface area (Å²) in [5.74, 6) is 0.550. The second kappa shape index (κ2) is 6.04. The van der Waals surface area contributed by atoms with Gasteiger partial charge in [-0.1, -0.05) is 44.2 Å². The molecular weight excluding hydrogens is 296 g/mol. The van der Waals surface area contributed by atoms with Gasteiger partial charge in [0.05, 0.1) is 22.8 Å². The molecule has 1 aliphatic heterocycles. The Morgan fingerprint density at radius 2 is 1.71 bits per heavy atom. The molecule has 0 saturated carbocycles. The van der Waals surface area contributed by atoms with Gasteiger partial charge in [-0.15, -0.1) is 0 Å². The molecule has 2 heterocycles. The van der Waals surface area contributed by atoms with E-state index in [0.717, 1.165) is 23.2 Å². The van der Waals surface area contributed by atoms with Crippen molar-refractivity contribution >= 4 is 16.7 Å². The summed E-state index contributed by atoms with van der Waals surface area (Å²) in [7, 11) is 0. The van der Waals surface area contributed by atoms with Crippen molar-refractivity contribution in [2.24, 2.45) is 5.10 Å². The smallest absolute Gasteiger partial charge is 0.0890 e. The van der Waals surface area contributed by atoms with E-state index in [2.05, 4.69) is 70.7 Å². The standard InChI is InChI=1S/C20H20N4/c1-13(2)14-3-5-15(6-4-14)18-12-19(24-23-18)16-7-8-17-20(11-16)22-10-9-21-17/h3-11,13,19,24H,12H2,1-2H3. The van der Waals surface area contributed by atoms with Crippen molar-refractivity contribution in [1.29, 1.82) is 0 Å². The highest BCUT2D eigenvalue weighted by Crippen LogP contribution is 2.26. The SMILES string of the molecule is CC(C)c1ccc(C2=NNC(c3ccc4nccnc4c3)C2)cc1. The van der Waals surface area contributed by atoms with E-state index in [9.17, 15) is 0 Å². The highest BCUT2D eigenvalue weighted by Gasteiger charge is 2.21. The minimum absolute atomic E-state index is 0.191. The van der Waals surface area contributed by atoms with Crippen LogP contribution in [0.5, 0.6) is 0 Å². The second-order valence-corrected chi connectivity index (χ2v) is 6.53. The number of nitrogens with one attached hydrogen (secondary N) is 1. The van der Waals surface area contributed by atoms with Crippen LogP contribution < -0.4 is 5.43 Å². The van der Waals surface area contributed by atoms with Crippen molar-refractivity contribution in [3.63, 3.8) is 0 Å². The minimum Gasteiger partial charge on any atom is -0.302 e. The van der Waals surface area contributed by atoms with Crippen LogP contribution in [0.3, 0.4) is 0 Å². The number of rotatable bonds is 3. The minimum atomic E-state index is 0.191. The number of hydrogen-bond donors (Lipinski definition) is 1. The third-order valence-corrected chi connectivity index (χ3v) is 4.56. The zero-order chi connectivity index (χ0) is 16.5. The Hall–Kier alpha value is -2.75. The van der Waals surface area contributed by atoms with Gasteiger partial charge in [0.15, 0.2) is 0 Å². The summed E-state index contributed by atoms with van der Waals surface area (Å²) in [6.45, 7) is 4.42. The largest absolute Gasteiger partial charge is 0.302 e. The summed E-state index contributed by atoms with van der Waals surface area (Å²) in [6.07, 6.45) is 4.33. The molecule has 0 aliphatic carbocycles. The van der Waals surface area contributed by atoms with Crippen LogP contribution in [0.1, 0.15) is 48.9 Å². The number of benzene rings is 2. The molecule has 3 aromatic rings. The average Bonchev–Trinajstić information content (AvgIpc) is 3.11. The maximum absolute atomic E-state index is 4.55. The monoisotopic (exact) mass is 316 g/mol. The van der Waals surface area contributed by atoms with Crippen LogP contribution in [-0.2, 0) is 0 Å².